The quantitative estimate of drug-likeness (QED) is 0.621. The van der Waals surface area contributed by atoms with E-state index in [9.17, 15) is 14.9 Å². The summed E-state index contributed by atoms with van der Waals surface area (Å²) in [7, 11) is 1.51. The molecule has 2 aromatic rings. The Hall–Kier alpha value is -2.35. The van der Waals surface area contributed by atoms with Crippen molar-refractivity contribution in [3.05, 3.63) is 64.1 Å². The van der Waals surface area contributed by atoms with E-state index in [1.807, 2.05) is 0 Å². The van der Waals surface area contributed by atoms with Crippen LogP contribution in [0.2, 0.25) is 10.0 Å². The number of nitrogens with zero attached hydrogens (tertiary/aromatic N) is 2. The van der Waals surface area contributed by atoms with Gasteiger partial charge in [0.25, 0.3) is 5.91 Å². The van der Waals surface area contributed by atoms with Crippen LogP contribution in [0.4, 0.5) is 5.69 Å². The molecule has 0 spiro atoms. The van der Waals surface area contributed by atoms with Gasteiger partial charge in [-0.1, -0.05) is 23.2 Å². The van der Waals surface area contributed by atoms with Crippen LogP contribution >= 0.6 is 23.2 Å². The molecular formula is C17H12Cl2N2O2. The zero-order chi connectivity index (χ0) is 17.0. The Morgan fingerprint density at radius 1 is 1.00 bits per heavy atom. The molecule has 0 heterocycles. The first-order valence-electron chi connectivity index (χ1n) is 6.66. The largest absolute Gasteiger partial charge is 0.314 e. The van der Waals surface area contributed by atoms with Crippen LogP contribution in [-0.2, 0) is 4.79 Å². The fraction of sp³-hybridized carbons (Fsp3) is 0.118. The third-order valence-electron chi connectivity index (χ3n) is 3.31. The van der Waals surface area contributed by atoms with Gasteiger partial charge in [0, 0.05) is 28.3 Å². The number of amides is 1. The van der Waals surface area contributed by atoms with Crippen LogP contribution < -0.4 is 4.90 Å². The molecule has 0 aliphatic carbocycles. The maximum Gasteiger partial charge on any atom is 0.252 e. The van der Waals surface area contributed by atoms with E-state index >= 15 is 0 Å². The highest BCUT2D eigenvalue weighted by molar-refractivity contribution is 6.31. The molecule has 1 atom stereocenters. The maximum absolute atomic E-state index is 12.5. The Morgan fingerprint density at radius 2 is 1.48 bits per heavy atom. The van der Waals surface area contributed by atoms with E-state index in [1.54, 1.807) is 30.3 Å². The lowest BCUT2D eigenvalue weighted by atomic mass is 9.97. The minimum absolute atomic E-state index is 0.263. The normalized spacial score (nSPS) is 11.4. The smallest absolute Gasteiger partial charge is 0.252 e. The molecule has 0 aliphatic rings. The SMILES string of the molecule is CN(C(=O)C(C#N)C(=O)c1ccc(Cl)cc1)c1ccc(Cl)cc1. The molecule has 2 rings (SSSR count). The number of ketones is 1. The number of carbonyl (C=O) groups is 2. The van der Waals surface area contributed by atoms with Gasteiger partial charge in [-0.2, -0.15) is 5.26 Å². The average molecular weight is 347 g/mol. The Labute approximate surface area is 143 Å². The molecule has 0 bridgehead atoms. The van der Waals surface area contributed by atoms with Crippen molar-refractivity contribution in [2.24, 2.45) is 5.92 Å². The van der Waals surface area contributed by atoms with E-state index < -0.39 is 17.6 Å². The van der Waals surface area contributed by atoms with Crippen LogP contribution in [0.15, 0.2) is 48.5 Å². The fourth-order valence-electron chi connectivity index (χ4n) is 1.99. The van der Waals surface area contributed by atoms with Crippen molar-refractivity contribution in [3.8, 4) is 6.07 Å². The first-order chi connectivity index (χ1) is 10.9. The van der Waals surface area contributed by atoms with Crippen LogP contribution in [-0.4, -0.2) is 18.7 Å². The predicted molar refractivity (Wildman–Crippen MR) is 89.7 cm³/mol. The van der Waals surface area contributed by atoms with Crippen molar-refractivity contribution in [3.63, 3.8) is 0 Å². The molecule has 0 fully saturated rings. The number of halogens is 2. The summed E-state index contributed by atoms with van der Waals surface area (Å²) >= 11 is 11.6. The van der Waals surface area contributed by atoms with Gasteiger partial charge in [-0.15, -0.1) is 0 Å². The van der Waals surface area contributed by atoms with Crippen molar-refractivity contribution >= 4 is 40.6 Å². The number of hydrogen-bond donors (Lipinski definition) is 0. The molecule has 6 heteroatoms. The van der Waals surface area contributed by atoms with Gasteiger partial charge in [-0.3, -0.25) is 9.59 Å². The highest BCUT2D eigenvalue weighted by atomic mass is 35.5. The monoisotopic (exact) mass is 346 g/mol. The number of anilines is 1. The third-order valence-corrected chi connectivity index (χ3v) is 3.82. The summed E-state index contributed by atoms with van der Waals surface area (Å²) in [5.74, 6) is -2.58. The third kappa shape index (κ3) is 3.89. The maximum atomic E-state index is 12.5. The standard InChI is InChI=1S/C17H12Cl2N2O2/c1-21(14-8-6-13(19)7-9-14)17(23)15(10-20)16(22)11-2-4-12(18)5-3-11/h2-9,15H,1H3. The van der Waals surface area contributed by atoms with Crippen LogP contribution in [0.25, 0.3) is 0 Å². The number of benzene rings is 2. The van der Waals surface area contributed by atoms with Gasteiger partial charge < -0.3 is 4.90 Å². The molecule has 0 saturated heterocycles. The second-order valence-electron chi connectivity index (χ2n) is 4.81. The van der Waals surface area contributed by atoms with E-state index in [4.69, 9.17) is 23.2 Å². The van der Waals surface area contributed by atoms with Gasteiger partial charge in [-0.05, 0) is 48.5 Å². The molecule has 0 aromatic heterocycles. The molecule has 0 aliphatic heterocycles. The number of hydrogen-bond acceptors (Lipinski definition) is 3. The van der Waals surface area contributed by atoms with Crippen LogP contribution in [0.5, 0.6) is 0 Å². The second-order valence-corrected chi connectivity index (χ2v) is 5.68. The van der Waals surface area contributed by atoms with E-state index in [1.165, 1.54) is 36.2 Å². The van der Waals surface area contributed by atoms with E-state index in [2.05, 4.69) is 0 Å². The summed E-state index contributed by atoms with van der Waals surface area (Å²) in [6.07, 6.45) is 0. The lowest BCUT2D eigenvalue weighted by Crippen LogP contribution is -2.36. The van der Waals surface area contributed by atoms with E-state index in [0.717, 1.165) is 0 Å². The van der Waals surface area contributed by atoms with Crippen molar-refractivity contribution in [1.82, 2.24) is 0 Å². The van der Waals surface area contributed by atoms with Gasteiger partial charge in [0.1, 0.15) is 0 Å². The topological polar surface area (TPSA) is 61.2 Å². The highest BCUT2D eigenvalue weighted by Gasteiger charge is 2.30. The Kier molecular flexibility index (Phi) is 5.38. The van der Waals surface area contributed by atoms with E-state index in [-0.39, 0.29) is 5.56 Å². The fourth-order valence-corrected chi connectivity index (χ4v) is 2.24. The first kappa shape index (κ1) is 17.0. The summed E-state index contributed by atoms with van der Waals surface area (Å²) in [6, 6.07) is 14.4. The van der Waals surface area contributed by atoms with Crippen molar-refractivity contribution in [2.45, 2.75) is 0 Å². The summed E-state index contributed by atoms with van der Waals surface area (Å²) in [5.41, 5.74) is 0.808. The first-order valence-corrected chi connectivity index (χ1v) is 7.42. The summed E-state index contributed by atoms with van der Waals surface area (Å²) in [5, 5.41) is 10.3. The van der Waals surface area contributed by atoms with Crippen LogP contribution in [0, 0.1) is 17.2 Å². The van der Waals surface area contributed by atoms with Crippen molar-refractivity contribution in [2.75, 3.05) is 11.9 Å². The molecule has 116 valence electrons. The number of Topliss-reactive ketones (excluding diaryl/α,β-unsaturated/α-hetero) is 1. The number of carbonyl (C=O) groups excluding carboxylic acids is 2. The Morgan fingerprint density at radius 3 is 1.96 bits per heavy atom. The van der Waals surface area contributed by atoms with E-state index in [0.29, 0.717) is 15.7 Å². The molecule has 1 amide bonds. The van der Waals surface area contributed by atoms with Gasteiger partial charge >= 0.3 is 0 Å². The molecule has 23 heavy (non-hydrogen) atoms. The van der Waals surface area contributed by atoms with Crippen LogP contribution in [0.3, 0.4) is 0 Å². The minimum atomic E-state index is -1.42. The zero-order valence-electron chi connectivity index (χ0n) is 12.2. The predicted octanol–water partition coefficient (Wildman–Crippen LogP) is 3.98. The van der Waals surface area contributed by atoms with Crippen LogP contribution in [0.1, 0.15) is 10.4 Å². The lowest BCUT2D eigenvalue weighted by Gasteiger charge is -2.19. The minimum Gasteiger partial charge on any atom is -0.314 e. The molecule has 2 aromatic carbocycles. The molecule has 0 saturated carbocycles. The van der Waals surface area contributed by atoms with Crippen molar-refractivity contribution in [1.29, 1.82) is 5.26 Å². The summed E-state index contributed by atoms with van der Waals surface area (Å²) in [6.45, 7) is 0. The molecule has 0 radical (unpaired) electrons. The van der Waals surface area contributed by atoms with Crippen molar-refractivity contribution < 1.29 is 9.59 Å². The molecule has 0 N–H and O–H groups in total. The lowest BCUT2D eigenvalue weighted by molar-refractivity contribution is -0.119. The highest BCUT2D eigenvalue weighted by Crippen LogP contribution is 2.20. The Bertz CT molecular complexity index is 765. The van der Waals surface area contributed by atoms with Gasteiger partial charge in [-0.25, -0.2) is 0 Å². The molecule has 1 unspecified atom stereocenters. The summed E-state index contributed by atoms with van der Waals surface area (Å²) < 4.78 is 0. The average Bonchev–Trinajstić information content (AvgIpc) is 2.56. The second kappa shape index (κ2) is 7.28. The molecule has 4 nitrogen and oxygen atoms in total. The number of rotatable bonds is 4. The van der Waals surface area contributed by atoms with Gasteiger partial charge in [0.15, 0.2) is 11.7 Å². The van der Waals surface area contributed by atoms with Gasteiger partial charge in [0.05, 0.1) is 6.07 Å². The molecular weight excluding hydrogens is 335 g/mol. The Balaban J connectivity index is 2.24. The zero-order valence-corrected chi connectivity index (χ0v) is 13.7. The summed E-state index contributed by atoms with van der Waals surface area (Å²) in [4.78, 5) is 26.1. The van der Waals surface area contributed by atoms with Gasteiger partial charge in [0.2, 0.25) is 0 Å². The number of nitriles is 1.